The molecule has 0 fully saturated rings. The normalized spacial score (nSPS) is 11.2. The number of hydrogen-bond donors (Lipinski definition) is 2. The first-order valence-corrected chi connectivity index (χ1v) is 8.33. The van der Waals surface area contributed by atoms with Gasteiger partial charge in [0.15, 0.2) is 0 Å². The van der Waals surface area contributed by atoms with E-state index in [4.69, 9.17) is 21.4 Å². The maximum Gasteiger partial charge on any atom is 0.335 e. The first kappa shape index (κ1) is 17.3. The Kier molecular flexibility index (Phi) is 5.25. The Morgan fingerprint density at radius 1 is 1.26 bits per heavy atom. The number of hydrogen-bond acceptors (Lipinski definition) is 4. The van der Waals surface area contributed by atoms with Crippen molar-refractivity contribution < 1.29 is 23.1 Å². The molecule has 23 heavy (non-hydrogen) atoms. The first-order chi connectivity index (χ1) is 10.8. The van der Waals surface area contributed by atoms with Crippen molar-refractivity contribution in [3.8, 4) is 0 Å². The summed E-state index contributed by atoms with van der Waals surface area (Å²) in [5.74, 6) is -1.24. The van der Waals surface area contributed by atoms with Crippen molar-refractivity contribution in [3.63, 3.8) is 0 Å². The van der Waals surface area contributed by atoms with Gasteiger partial charge in [-0.15, -0.1) is 0 Å². The summed E-state index contributed by atoms with van der Waals surface area (Å²) in [6, 6.07) is 10.2. The fourth-order valence-electron chi connectivity index (χ4n) is 1.94. The highest BCUT2D eigenvalue weighted by Crippen LogP contribution is 2.25. The first-order valence-electron chi connectivity index (χ1n) is 6.47. The van der Waals surface area contributed by atoms with Crippen LogP contribution in [-0.4, -0.2) is 26.6 Å². The zero-order valence-electron chi connectivity index (χ0n) is 12.1. The monoisotopic (exact) mass is 355 g/mol. The van der Waals surface area contributed by atoms with Gasteiger partial charge < -0.3 is 9.84 Å². The Hall–Kier alpha value is -2.09. The van der Waals surface area contributed by atoms with Crippen LogP contribution >= 0.6 is 11.6 Å². The molecule has 0 aromatic heterocycles. The molecule has 2 aromatic carbocycles. The molecule has 2 N–H and O–H groups in total. The number of carboxylic acid groups (broad SMARTS) is 1. The summed E-state index contributed by atoms with van der Waals surface area (Å²) in [4.78, 5) is 10.7. The Morgan fingerprint density at radius 3 is 2.65 bits per heavy atom. The molecule has 0 saturated heterocycles. The van der Waals surface area contributed by atoms with E-state index < -0.39 is 16.0 Å². The lowest BCUT2D eigenvalue weighted by Crippen LogP contribution is -2.14. The van der Waals surface area contributed by atoms with Gasteiger partial charge >= 0.3 is 5.97 Å². The summed E-state index contributed by atoms with van der Waals surface area (Å²) >= 11 is 5.90. The summed E-state index contributed by atoms with van der Waals surface area (Å²) in [5, 5.41) is 8.92. The second kappa shape index (κ2) is 6.99. The highest BCUT2D eigenvalue weighted by Gasteiger charge is 2.20. The molecule has 0 atom stereocenters. The number of ether oxygens (including phenoxy) is 1. The Labute approximate surface area is 138 Å². The van der Waals surface area contributed by atoms with E-state index >= 15 is 0 Å². The number of methoxy groups -OCH3 is 1. The maximum atomic E-state index is 12.4. The Morgan fingerprint density at radius 2 is 2.00 bits per heavy atom. The molecule has 0 amide bonds. The minimum atomic E-state index is -4.02. The smallest absolute Gasteiger partial charge is 0.335 e. The molecule has 6 nitrogen and oxygen atoms in total. The van der Waals surface area contributed by atoms with E-state index in [1.165, 1.54) is 19.2 Å². The Balaban J connectivity index is 2.37. The Bertz CT molecular complexity index is 836. The van der Waals surface area contributed by atoms with Crippen LogP contribution in [-0.2, 0) is 21.4 Å². The topological polar surface area (TPSA) is 92.7 Å². The van der Waals surface area contributed by atoms with Crippen LogP contribution in [0.5, 0.6) is 0 Å². The van der Waals surface area contributed by atoms with Crippen molar-refractivity contribution >= 4 is 33.3 Å². The predicted octanol–water partition coefficient (Wildman–Crippen LogP) is 2.99. The third-order valence-corrected chi connectivity index (χ3v) is 4.82. The lowest BCUT2D eigenvalue weighted by Gasteiger charge is -2.11. The fourth-order valence-corrected chi connectivity index (χ4v) is 3.52. The van der Waals surface area contributed by atoms with Crippen LogP contribution in [0.4, 0.5) is 5.69 Å². The van der Waals surface area contributed by atoms with Gasteiger partial charge in [0.1, 0.15) is 4.90 Å². The largest absolute Gasteiger partial charge is 0.478 e. The van der Waals surface area contributed by atoms with Crippen molar-refractivity contribution in [1.82, 2.24) is 0 Å². The second-order valence-electron chi connectivity index (χ2n) is 4.69. The van der Waals surface area contributed by atoms with Gasteiger partial charge in [0.05, 0.1) is 17.2 Å². The van der Waals surface area contributed by atoms with E-state index in [9.17, 15) is 13.2 Å². The van der Waals surface area contributed by atoms with Crippen molar-refractivity contribution in [1.29, 1.82) is 0 Å². The molecule has 0 saturated carbocycles. The number of halogens is 1. The molecule has 0 aliphatic carbocycles. The van der Waals surface area contributed by atoms with Crippen molar-refractivity contribution in [2.45, 2.75) is 11.5 Å². The number of nitrogens with one attached hydrogen (secondary N) is 1. The van der Waals surface area contributed by atoms with Crippen molar-refractivity contribution in [2.24, 2.45) is 0 Å². The zero-order valence-corrected chi connectivity index (χ0v) is 13.7. The van der Waals surface area contributed by atoms with Gasteiger partial charge in [-0.1, -0.05) is 23.7 Å². The van der Waals surface area contributed by atoms with E-state index in [0.29, 0.717) is 12.3 Å². The maximum absolute atomic E-state index is 12.4. The van der Waals surface area contributed by atoms with E-state index in [-0.39, 0.29) is 15.5 Å². The summed E-state index contributed by atoms with van der Waals surface area (Å²) in [6.45, 7) is 0.338. The standard InChI is InChI=1S/C15H14ClNO5S/c1-22-9-10-3-2-4-12(7-10)17-23(20,21)14-8-11(15(18)19)5-6-13(14)16/h2-8,17H,9H2,1H3,(H,18,19). The van der Waals surface area contributed by atoms with Crippen molar-refractivity contribution in [3.05, 3.63) is 58.6 Å². The molecule has 0 heterocycles. The molecule has 2 rings (SSSR count). The van der Waals surface area contributed by atoms with E-state index in [2.05, 4.69) is 4.72 Å². The van der Waals surface area contributed by atoms with Crippen molar-refractivity contribution in [2.75, 3.05) is 11.8 Å². The second-order valence-corrected chi connectivity index (χ2v) is 6.75. The van der Waals surface area contributed by atoms with Crippen LogP contribution in [0.2, 0.25) is 5.02 Å². The molecule has 0 aliphatic rings. The number of benzene rings is 2. The van der Waals surface area contributed by atoms with Gasteiger partial charge in [0.2, 0.25) is 0 Å². The van der Waals surface area contributed by atoms with E-state index in [1.807, 2.05) is 0 Å². The van der Waals surface area contributed by atoms with Crippen LogP contribution < -0.4 is 4.72 Å². The van der Waals surface area contributed by atoms with E-state index in [0.717, 1.165) is 11.6 Å². The van der Waals surface area contributed by atoms with Gasteiger partial charge in [-0.2, -0.15) is 0 Å². The molecule has 2 aromatic rings. The summed E-state index contributed by atoms with van der Waals surface area (Å²) in [7, 11) is -2.48. The van der Waals surface area contributed by atoms with Gasteiger partial charge in [0, 0.05) is 12.8 Å². The van der Waals surface area contributed by atoms with Crippen LogP contribution in [0.1, 0.15) is 15.9 Å². The fraction of sp³-hybridized carbons (Fsp3) is 0.133. The highest BCUT2D eigenvalue weighted by molar-refractivity contribution is 7.92. The number of rotatable bonds is 6. The minimum absolute atomic E-state index is 0.0597. The number of carboxylic acids is 1. The molecule has 8 heteroatoms. The van der Waals surface area contributed by atoms with Gasteiger partial charge in [-0.25, -0.2) is 13.2 Å². The number of anilines is 1. The lowest BCUT2D eigenvalue weighted by molar-refractivity contribution is 0.0696. The average molecular weight is 356 g/mol. The minimum Gasteiger partial charge on any atom is -0.478 e. The molecule has 0 spiro atoms. The lowest BCUT2D eigenvalue weighted by atomic mass is 10.2. The average Bonchev–Trinajstić information content (AvgIpc) is 2.47. The molecular weight excluding hydrogens is 342 g/mol. The predicted molar refractivity (Wildman–Crippen MR) is 86.4 cm³/mol. The zero-order chi connectivity index (χ0) is 17.0. The molecule has 0 bridgehead atoms. The molecule has 122 valence electrons. The number of aromatic carboxylic acids is 1. The summed E-state index contributed by atoms with van der Waals surface area (Å²) in [6.07, 6.45) is 0. The number of sulfonamides is 1. The van der Waals surface area contributed by atoms with Gasteiger partial charge in [0.25, 0.3) is 10.0 Å². The SMILES string of the molecule is COCc1cccc(NS(=O)(=O)c2cc(C(=O)O)ccc2Cl)c1. The molecule has 0 aliphatic heterocycles. The van der Waals surface area contributed by atoms with Crippen LogP contribution in [0.3, 0.4) is 0 Å². The van der Waals surface area contributed by atoms with Crippen LogP contribution in [0.15, 0.2) is 47.4 Å². The molecular formula is C15H14ClNO5S. The van der Waals surface area contributed by atoms with Crippen LogP contribution in [0.25, 0.3) is 0 Å². The molecule has 0 radical (unpaired) electrons. The summed E-state index contributed by atoms with van der Waals surface area (Å²) in [5.41, 5.74) is 0.956. The third-order valence-electron chi connectivity index (χ3n) is 2.96. The van der Waals surface area contributed by atoms with Gasteiger partial charge in [-0.3, -0.25) is 4.72 Å². The highest BCUT2D eigenvalue weighted by atomic mass is 35.5. The molecule has 0 unspecified atom stereocenters. The number of carbonyl (C=O) groups is 1. The quantitative estimate of drug-likeness (QED) is 0.831. The summed E-state index contributed by atoms with van der Waals surface area (Å²) < 4.78 is 32.3. The van der Waals surface area contributed by atoms with Gasteiger partial charge in [-0.05, 0) is 35.9 Å². The third kappa shape index (κ3) is 4.22. The van der Waals surface area contributed by atoms with E-state index in [1.54, 1.807) is 24.3 Å². The van der Waals surface area contributed by atoms with Crippen LogP contribution in [0, 0.1) is 0 Å².